The molecule has 0 amide bonds. The predicted octanol–water partition coefficient (Wildman–Crippen LogP) is -0.193. The number of aliphatic hydroxyl groups excluding tert-OH is 1. The standard InChI is InChI=1S/C10H19NO4/c1-14-7-3-2-4-8(5-7)15-10(13)9(11)6-12/h7-9,12H,2-6,11H2,1H3. The van der Waals surface area contributed by atoms with Crippen LogP contribution in [0.25, 0.3) is 0 Å². The molecule has 15 heavy (non-hydrogen) atoms. The first-order valence-corrected chi connectivity index (χ1v) is 5.27. The fourth-order valence-corrected chi connectivity index (χ4v) is 1.75. The van der Waals surface area contributed by atoms with E-state index in [9.17, 15) is 4.79 Å². The lowest BCUT2D eigenvalue weighted by atomic mass is 9.95. The third-order valence-electron chi connectivity index (χ3n) is 2.69. The summed E-state index contributed by atoms with van der Waals surface area (Å²) in [4.78, 5) is 11.3. The van der Waals surface area contributed by atoms with Crippen LogP contribution in [0.5, 0.6) is 0 Å². The molecule has 3 atom stereocenters. The summed E-state index contributed by atoms with van der Waals surface area (Å²) >= 11 is 0. The number of aliphatic hydroxyl groups is 1. The van der Waals surface area contributed by atoms with E-state index in [4.69, 9.17) is 20.3 Å². The molecule has 0 saturated heterocycles. The van der Waals surface area contributed by atoms with Gasteiger partial charge < -0.3 is 20.3 Å². The highest BCUT2D eigenvalue weighted by molar-refractivity contribution is 5.75. The van der Waals surface area contributed by atoms with E-state index in [1.165, 1.54) is 0 Å². The van der Waals surface area contributed by atoms with E-state index in [1.54, 1.807) is 7.11 Å². The zero-order chi connectivity index (χ0) is 11.3. The van der Waals surface area contributed by atoms with Crippen LogP contribution in [-0.2, 0) is 14.3 Å². The van der Waals surface area contributed by atoms with Crippen molar-refractivity contribution >= 4 is 5.97 Å². The molecule has 0 aliphatic heterocycles. The number of hydrogen-bond donors (Lipinski definition) is 2. The lowest BCUT2D eigenvalue weighted by Crippen LogP contribution is -2.39. The Hall–Kier alpha value is -0.650. The van der Waals surface area contributed by atoms with Crippen LogP contribution in [0.3, 0.4) is 0 Å². The van der Waals surface area contributed by atoms with Crippen molar-refractivity contribution < 1.29 is 19.4 Å². The van der Waals surface area contributed by atoms with Crippen molar-refractivity contribution in [1.82, 2.24) is 0 Å². The van der Waals surface area contributed by atoms with Crippen LogP contribution in [-0.4, -0.2) is 43.0 Å². The molecule has 0 aromatic carbocycles. The lowest BCUT2D eigenvalue weighted by Gasteiger charge is -2.28. The van der Waals surface area contributed by atoms with Gasteiger partial charge in [-0.25, -0.2) is 0 Å². The number of methoxy groups -OCH3 is 1. The van der Waals surface area contributed by atoms with Crippen LogP contribution >= 0.6 is 0 Å². The second kappa shape index (κ2) is 6.05. The van der Waals surface area contributed by atoms with Gasteiger partial charge in [-0.05, 0) is 19.3 Å². The van der Waals surface area contributed by atoms with Gasteiger partial charge >= 0.3 is 5.97 Å². The average Bonchev–Trinajstić information content (AvgIpc) is 2.28. The first kappa shape index (κ1) is 12.4. The smallest absolute Gasteiger partial charge is 0.325 e. The van der Waals surface area contributed by atoms with Crippen LogP contribution < -0.4 is 5.73 Å². The second-order valence-corrected chi connectivity index (χ2v) is 3.87. The van der Waals surface area contributed by atoms with E-state index in [-0.39, 0.29) is 18.8 Å². The van der Waals surface area contributed by atoms with Crippen molar-refractivity contribution in [3.8, 4) is 0 Å². The fourth-order valence-electron chi connectivity index (χ4n) is 1.75. The molecular formula is C10H19NO4. The summed E-state index contributed by atoms with van der Waals surface area (Å²) in [5.41, 5.74) is 5.35. The molecule has 5 heteroatoms. The van der Waals surface area contributed by atoms with Crippen molar-refractivity contribution in [3.05, 3.63) is 0 Å². The van der Waals surface area contributed by atoms with Gasteiger partial charge in [0.2, 0.25) is 0 Å². The Morgan fingerprint density at radius 2 is 2.20 bits per heavy atom. The molecule has 0 radical (unpaired) electrons. The summed E-state index contributed by atoms with van der Waals surface area (Å²) in [6, 6.07) is -0.923. The molecule has 3 N–H and O–H groups in total. The normalized spacial score (nSPS) is 28.5. The zero-order valence-electron chi connectivity index (χ0n) is 9.02. The van der Waals surface area contributed by atoms with Gasteiger partial charge in [-0.15, -0.1) is 0 Å². The largest absolute Gasteiger partial charge is 0.461 e. The maximum absolute atomic E-state index is 11.3. The van der Waals surface area contributed by atoms with Crippen LogP contribution in [0.4, 0.5) is 0 Å². The monoisotopic (exact) mass is 217 g/mol. The fraction of sp³-hybridized carbons (Fsp3) is 0.900. The highest BCUT2D eigenvalue weighted by Crippen LogP contribution is 2.23. The number of carbonyl (C=O) groups excluding carboxylic acids is 1. The van der Waals surface area contributed by atoms with Crippen molar-refractivity contribution in [3.63, 3.8) is 0 Å². The van der Waals surface area contributed by atoms with Gasteiger partial charge in [0.05, 0.1) is 12.7 Å². The van der Waals surface area contributed by atoms with Crippen LogP contribution in [0.2, 0.25) is 0 Å². The number of hydrogen-bond acceptors (Lipinski definition) is 5. The molecule has 5 nitrogen and oxygen atoms in total. The topological polar surface area (TPSA) is 81.8 Å². The summed E-state index contributed by atoms with van der Waals surface area (Å²) in [6.45, 7) is -0.376. The number of nitrogens with two attached hydrogens (primary N) is 1. The summed E-state index contributed by atoms with van der Waals surface area (Å²) in [5, 5.41) is 8.68. The minimum Gasteiger partial charge on any atom is -0.461 e. The molecule has 1 fully saturated rings. The summed E-state index contributed by atoms with van der Waals surface area (Å²) in [6.07, 6.45) is 3.63. The number of ether oxygens (including phenoxy) is 2. The highest BCUT2D eigenvalue weighted by Gasteiger charge is 2.26. The number of esters is 1. The van der Waals surface area contributed by atoms with E-state index >= 15 is 0 Å². The quantitative estimate of drug-likeness (QED) is 0.638. The number of carbonyl (C=O) groups is 1. The van der Waals surface area contributed by atoms with Gasteiger partial charge in [0, 0.05) is 13.5 Å². The van der Waals surface area contributed by atoms with E-state index < -0.39 is 12.0 Å². The van der Waals surface area contributed by atoms with Crippen LogP contribution in [0, 0.1) is 0 Å². The van der Waals surface area contributed by atoms with Gasteiger partial charge in [0.1, 0.15) is 12.1 Å². The Labute approximate surface area is 89.5 Å². The molecule has 0 spiro atoms. The molecule has 1 aliphatic rings. The molecule has 0 heterocycles. The Bertz CT molecular complexity index is 210. The van der Waals surface area contributed by atoms with Crippen molar-refractivity contribution in [2.75, 3.05) is 13.7 Å². The van der Waals surface area contributed by atoms with E-state index in [0.29, 0.717) is 0 Å². The van der Waals surface area contributed by atoms with Crippen LogP contribution in [0.15, 0.2) is 0 Å². The van der Waals surface area contributed by atoms with Gasteiger partial charge in [-0.3, -0.25) is 4.79 Å². The summed E-state index contributed by atoms with van der Waals surface area (Å²) in [5.74, 6) is -0.528. The van der Waals surface area contributed by atoms with E-state index in [2.05, 4.69) is 0 Å². The molecule has 0 aromatic rings. The number of rotatable bonds is 4. The maximum atomic E-state index is 11.3. The predicted molar refractivity (Wildman–Crippen MR) is 54.2 cm³/mol. The molecule has 1 rings (SSSR count). The van der Waals surface area contributed by atoms with Crippen molar-refractivity contribution in [2.45, 2.75) is 43.9 Å². The maximum Gasteiger partial charge on any atom is 0.325 e. The zero-order valence-corrected chi connectivity index (χ0v) is 9.02. The molecule has 1 saturated carbocycles. The lowest BCUT2D eigenvalue weighted by molar-refractivity contribution is -0.155. The van der Waals surface area contributed by atoms with E-state index in [0.717, 1.165) is 25.7 Å². The Morgan fingerprint density at radius 1 is 1.53 bits per heavy atom. The first-order chi connectivity index (χ1) is 7.17. The minimum absolute atomic E-state index is 0.117. The minimum atomic E-state index is -0.923. The Balaban J connectivity index is 2.34. The highest BCUT2D eigenvalue weighted by atomic mass is 16.5. The Kier molecular flexibility index (Phi) is 5.01. The Morgan fingerprint density at radius 3 is 2.80 bits per heavy atom. The molecular weight excluding hydrogens is 198 g/mol. The van der Waals surface area contributed by atoms with Gasteiger partial charge in [-0.2, -0.15) is 0 Å². The van der Waals surface area contributed by atoms with Gasteiger partial charge in [0.15, 0.2) is 0 Å². The molecule has 88 valence electrons. The first-order valence-electron chi connectivity index (χ1n) is 5.27. The molecule has 3 unspecified atom stereocenters. The third-order valence-corrected chi connectivity index (χ3v) is 2.69. The van der Waals surface area contributed by atoms with Gasteiger partial charge in [-0.1, -0.05) is 0 Å². The molecule has 0 aromatic heterocycles. The van der Waals surface area contributed by atoms with Gasteiger partial charge in [0.25, 0.3) is 0 Å². The second-order valence-electron chi connectivity index (χ2n) is 3.87. The summed E-state index contributed by atoms with van der Waals surface area (Å²) < 4.78 is 10.4. The molecule has 0 bridgehead atoms. The van der Waals surface area contributed by atoms with Crippen LogP contribution in [0.1, 0.15) is 25.7 Å². The summed E-state index contributed by atoms with van der Waals surface area (Å²) in [7, 11) is 1.66. The molecule has 1 aliphatic carbocycles. The van der Waals surface area contributed by atoms with Crippen molar-refractivity contribution in [1.29, 1.82) is 0 Å². The van der Waals surface area contributed by atoms with Crippen molar-refractivity contribution in [2.24, 2.45) is 5.73 Å². The third kappa shape index (κ3) is 3.77. The average molecular weight is 217 g/mol. The van der Waals surface area contributed by atoms with E-state index in [1.807, 2.05) is 0 Å². The SMILES string of the molecule is COC1CCCC(OC(=O)C(N)CO)C1.